The predicted octanol–water partition coefficient (Wildman–Crippen LogP) is 1.41. The molecule has 0 unspecified atom stereocenters. The summed E-state index contributed by atoms with van der Waals surface area (Å²) in [5.74, 6) is 0.811. The lowest BCUT2D eigenvalue weighted by Crippen LogP contribution is -2.68. The van der Waals surface area contributed by atoms with Gasteiger partial charge in [-0.25, -0.2) is 8.42 Å². The van der Waals surface area contributed by atoms with Crippen molar-refractivity contribution < 1.29 is 17.9 Å². The van der Waals surface area contributed by atoms with Crippen LogP contribution >= 0.6 is 0 Å². The zero-order valence-corrected chi connectivity index (χ0v) is 15.1. The third-order valence-corrected chi connectivity index (χ3v) is 8.43. The van der Waals surface area contributed by atoms with Gasteiger partial charge >= 0.3 is 0 Å². The summed E-state index contributed by atoms with van der Waals surface area (Å²) in [6, 6.07) is 5.65. The Labute approximate surface area is 148 Å². The molecule has 1 atom stereocenters. The van der Waals surface area contributed by atoms with Crippen LogP contribution in [-0.4, -0.2) is 54.4 Å². The van der Waals surface area contributed by atoms with Crippen molar-refractivity contribution in [2.24, 2.45) is 11.8 Å². The van der Waals surface area contributed by atoms with Gasteiger partial charge < -0.3 is 9.64 Å². The Bertz CT molecular complexity index is 740. The zero-order valence-electron chi connectivity index (χ0n) is 14.3. The highest BCUT2D eigenvalue weighted by Crippen LogP contribution is 2.45. The second-order valence-electron chi connectivity index (χ2n) is 7.60. The molecule has 2 aliphatic heterocycles. The molecule has 3 fully saturated rings. The van der Waals surface area contributed by atoms with Gasteiger partial charge in [0.2, 0.25) is 5.91 Å². The normalized spacial score (nSPS) is 26.6. The molecule has 0 aromatic carbocycles. The molecule has 1 amide bonds. The molecule has 1 saturated carbocycles. The molecule has 0 radical (unpaired) electrons. The molecule has 3 heterocycles. The fourth-order valence-electron chi connectivity index (χ4n) is 3.97. The first kappa shape index (κ1) is 17.0. The van der Waals surface area contributed by atoms with E-state index < -0.39 is 14.6 Å². The van der Waals surface area contributed by atoms with Gasteiger partial charge in [0.25, 0.3) is 0 Å². The van der Waals surface area contributed by atoms with Crippen molar-refractivity contribution in [3.05, 3.63) is 30.1 Å². The van der Waals surface area contributed by atoms with Gasteiger partial charge in [-0.15, -0.1) is 0 Å². The molecule has 1 aromatic heterocycles. The Morgan fingerprint density at radius 1 is 1.28 bits per heavy atom. The van der Waals surface area contributed by atoms with Crippen molar-refractivity contribution in [1.82, 2.24) is 9.88 Å². The topological polar surface area (TPSA) is 76.6 Å². The number of pyridine rings is 1. The lowest BCUT2D eigenvalue weighted by atomic mass is 9.83. The van der Waals surface area contributed by atoms with E-state index in [1.807, 2.05) is 18.2 Å². The summed E-state index contributed by atoms with van der Waals surface area (Å²) in [7, 11) is -3.16. The third-order valence-electron chi connectivity index (χ3n) is 5.82. The monoisotopic (exact) mass is 364 g/mol. The first-order valence-corrected chi connectivity index (χ1v) is 10.6. The van der Waals surface area contributed by atoms with E-state index in [0.717, 1.165) is 18.5 Å². The van der Waals surface area contributed by atoms with Crippen LogP contribution in [0.1, 0.15) is 31.4 Å². The number of ether oxygens (including phenoxy) is 1. The largest absolute Gasteiger partial charge is 0.375 e. The molecule has 25 heavy (non-hydrogen) atoms. The van der Waals surface area contributed by atoms with Crippen molar-refractivity contribution in [2.75, 3.05) is 25.4 Å². The van der Waals surface area contributed by atoms with Crippen molar-refractivity contribution >= 4 is 15.7 Å². The number of nitrogens with zero attached hydrogens (tertiary/aromatic N) is 2. The average molecular weight is 364 g/mol. The number of carbonyl (C=O) groups is 1. The van der Waals surface area contributed by atoms with Crippen LogP contribution in [0, 0.1) is 11.8 Å². The summed E-state index contributed by atoms with van der Waals surface area (Å²) in [5.41, 5.74) is 0.840. The second-order valence-corrected chi connectivity index (χ2v) is 10.1. The van der Waals surface area contributed by atoms with Crippen LogP contribution in [-0.2, 0) is 26.0 Å². The highest BCUT2D eigenvalue weighted by Gasteiger charge is 2.62. The van der Waals surface area contributed by atoms with Crippen LogP contribution in [0.2, 0.25) is 0 Å². The molecular weight excluding hydrogens is 340 g/mol. The minimum Gasteiger partial charge on any atom is -0.375 e. The van der Waals surface area contributed by atoms with E-state index in [4.69, 9.17) is 4.74 Å². The molecule has 0 bridgehead atoms. The molecule has 4 rings (SSSR count). The lowest BCUT2D eigenvalue weighted by molar-refractivity contribution is -0.138. The molecule has 3 aliphatic rings. The fourth-order valence-corrected chi connectivity index (χ4v) is 6.37. The maximum atomic E-state index is 12.6. The van der Waals surface area contributed by atoms with E-state index in [9.17, 15) is 13.2 Å². The molecular formula is C18H24N2O4S. The van der Waals surface area contributed by atoms with Crippen LogP contribution in [0.3, 0.4) is 0 Å². The highest BCUT2D eigenvalue weighted by molar-refractivity contribution is 7.93. The van der Waals surface area contributed by atoms with Gasteiger partial charge in [-0.05, 0) is 37.3 Å². The summed E-state index contributed by atoms with van der Waals surface area (Å²) in [4.78, 5) is 18.2. The summed E-state index contributed by atoms with van der Waals surface area (Å²) < 4.78 is 30.2. The molecule has 136 valence electrons. The Morgan fingerprint density at radius 3 is 2.76 bits per heavy atom. The van der Waals surface area contributed by atoms with E-state index in [1.165, 1.54) is 0 Å². The summed E-state index contributed by atoms with van der Waals surface area (Å²) in [5, 5.41) is 0. The van der Waals surface area contributed by atoms with Gasteiger partial charge in [-0.3, -0.25) is 9.78 Å². The number of hydrogen-bond donors (Lipinski definition) is 0. The first-order chi connectivity index (χ1) is 12.0. The van der Waals surface area contributed by atoms with E-state index in [-0.39, 0.29) is 17.6 Å². The number of likely N-dealkylation sites (tertiary alicyclic amines) is 1. The minimum atomic E-state index is -3.16. The lowest BCUT2D eigenvalue weighted by Gasteiger charge is -2.50. The highest BCUT2D eigenvalue weighted by atomic mass is 32.2. The van der Waals surface area contributed by atoms with Gasteiger partial charge in [-0.2, -0.15) is 0 Å². The Kier molecular flexibility index (Phi) is 4.32. The SMILES string of the molecule is O=C(CC1CC1)N1CC2(C1)[C@H](COCc1ccccn1)CCS2(=O)=O. The Morgan fingerprint density at radius 2 is 2.08 bits per heavy atom. The van der Waals surface area contributed by atoms with Crippen LogP contribution < -0.4 is 0 Å². The van der Waals surface area contributed by atoms with Crippen LogP contribution in [0.5, 0.6) is 0 Å². The maximum absolute atomic E-state index is 12.6. The van der Waals surface area contributed by atoms with Crippen molar-refractivity contribution in [1.29, 1.82) is 0 Å². The maximum Gasteiger partial charge on any atom is 0.222 e. The summed E-state index contributed by atoms with van der Waals surface area (Å²) >= 11 is 0. The number of sulfone groups is 1. The van der Waals surface area contributed by atoms with Crippen molar-refractivity contribution in [2.45, 2.75) is 37.0 Å². The van der Waals surface area contributed by atoms with Crippen molar-refractivity contribution in [3.8, 4) is 0 Å². The van der Waals surface area contributed by atoms with Gasteiger partial charge in [0.15, 0.2) is 9.84 Å². The Hall–Kier alpha value is -1.47. The third kappa shape index (κ3) is 3.19. The molecule has 0 N–H and O–H groups in total. The van der Waals surface area contributed by atoms with Crippen LogP contribution in [0.25, 0.3) is 0 Å². The zero-order chi connectivity index (χ0) is 17.5. The summed E-state index contributed by atoms with van der Waals surface area (Å²) in [6.45, 7) is 1.48. The molecule has 1 aliphatic carbocycles. The first-order valence-electron chi connectivity index (χ1n) is 8.98. The van der Waals surface area contributed by atoms with Gasteiger partial charge in [-0.1, -0.05) is 6.07 Å². The van der Waals surface area contributed by atoms with Gasteiger partial charge in [0, 0.05) is 31.6 Å². The van der Waals surface area contributed by atoms with Crippen LogP contribution in [0.4, 0.5) is 0 Å². The standard InChI is InChI=1S/C18H24N2O4S/c21-17(9-14-4-5-14)20-12-18(13-20)15(6-8-25(18,22)23)10-24-11-16-3-1-2-7-19-16/h1-3,7,14-15H,4-6,8-13H2/t15-/m0/s1. The van der Waals surface area contributed by atoms with Gasteiger partial charge in [0.05, 0.1) is 24.7 Å². The van der Waals surface area contributed by atoms with E-state index in [1.54, 1.807) is 11.1 Å². The predicted molar refractivity (Wildman–Crippen MR) is 92.4 cm³/mol. The molecule has 2 saturated heterocycles. The fraction of sp³-hybridized carbons (Fsp3) is 0.667. The van der Waals surface area contributed by atoms with Gasteiger partial charge in [0.1, 0.15) is 4.75 Å². The quantitative estimate of drug-likeness (QED) is 0.763. The van der Waals surface area contributed by atoms with E-state index in [2.05, 4.69) is 4.98 Å². The number of aromatic nitrogens is 1. The summed E-state index contributed by atoms with van der Waals surface area (Å²) in [6.07, 6.45) is 5.18. The molecule has 6 nitrogen and oxygen atoms in total. The van der Waals surface area contributed by atoms with E-state index in [0.29, 0.717) is 45.1 Å². The van der Waals surface area contributed by atoms with Crippen molar-refractivity contribution in [3.63, 3.8) is 0 Å². The van der Waals surface area contributed by atoms with Crippen LogP contribution in [0.15, 0.2) is 24.4 Å². The number of rotatable bonds is 6. The second kappa shape index (κ2) is 6.36. The molecule has 1 spiro atoms. The minimum absolute atomic E-state index is 0.0359. The molecule has 1 aromatic rings. The molecule has 7 heteroatoms. The smallest absolute Gasteiger partial charge is 0.222 e. The number of carbonyl (C=O) groups excluding carboxylic acids is 1. The van der Waals surface area contributed by atoms with E-state index >= 15 is 0 Å². The number of hydrogen-bond acceptors (Lipinski definition) is 5. The number of amides is 1. The average Bonchev–Trinajstić information content (AvgIpc) is 3.31. The Balaban J connectivity index is 1.36.